The first-order valence-electron chi connectivity index (χ1n) is 11.4. The molecule has 1 saturated heterocycles. The summed E-state index contributed by atoms with van der Waals surface area (Å²) in [4.78, 5) is 29.2. The smallest absolute Gasteiger partial charge is 0.409 e. The molecule has 1 aromatic rings. The number of aryl methyl sites for hydroxylation is 1. The van der Waals surface area contributed by atoms with Crippen molar-refractivity contribution in [2.45, 2.75) is 71.1 Å². The van der Waals surface area contributed by atoms with Gasteiger partial charge in [0.2, 0.25) is 0 Å². The van der Waals surface area contributed by atoms with E-state index in [0.717, 1.165) is 37.7 Å². The standard InChI is InChI=1S/C24H33N3O3/c1-4-30-24(29)26-14-12-19(13-15-26)25-22-16(2)17(3)23(28)27(22)21-11-7-9-18-8-5-6-10-20(18)21/h5-6,8,10,19,21-22,25H,4,7,9,11-15H2,1-3H3/p+1/t21-,22+/m1/s1. The van der Waals surface area contributed by atoms with E-state index < -0.39 is 0 Å². The van der Waals surface area contributed by atoms with Gasteiger partial charge in [0.05, 0.1) is 18.7 Å². The van der Waals surface area contributed by atoms with Crippen LogP contribution in [0.15, 0.2) is 35.4 Å². The Labute approximate surface area is 179 Å². The van der Waals surface area contributed by atoms with E-state index in [2.05, 4.69) is 41.4 Å². The fourth-order valence-electron chi connectivity index (χ4n) is 5.26. The number of ether oxygens (including phenoxy) is 1. The Morgan fingerprint density at radius 2 is 1.90 bits per heavy atom. The van der Waals surface area contributed by atoms with E-state index in [4.69, 9.17) is 4.74 Å². The van der Waals surface area contributed by atoms with E-state index in [1.165, 1.54) is 16.7 Å². The number of fused-ring (bicyclic) bond motifs is 1. The minimum atomic E-state index is -0.209. The normalized spacial score (nSPS) is 25.0. The number of hydrogen-bond donors (Lipinski definition) is 1. The Morgan fingerprint density at radius 3 is 2.63 bits per heavy atom. The Morgan fingerprint density at radius 1 is 1.17 bits per heavy atom. The van der Waals surface area contributed by atoms with Crippen LogP contribution in [0, 0.1) is 0 Å². The molecule has 1 aromatic carbocycles. The molecular formula is C24H34N3O3+. The summed E-state index contributed by atoms with van der Waals surface area (Å²) in [5.41, 5.74) is 4.76. The monoisotopic (exact) mass is 412 g/mol. The van der Waals surface area contributed by atoms with Crippen LogP contribution in [0.4, 0.5) is 4.79 Å². The van der Waals surface area contributed by atoms with Crippen LogP contribution >= 0.6 is 0 Å². The summed E-state index contributed by atoms with van der Waals surface area (Å²) in [6, 6.07) is 9.15. The molecule has 1 aliphatic carbocycles. The maximum atomic E-state index is 13.3. The molecule has 0 radical (unpaired) electrons. The SMILES string of the molecule is CCOC(=O)N1CCC([NH2+][C@@H]2C(C)=C(C)C(=O)N2[C@@H]2CCCc3ccccc32)CC1. The lowest BCUT2D eigenvalue weighted by atomic mass is 9.86. The predicted octanol–water partition coefficient (Wildman–Crippen LogP) is 2.75. The fraction of sp³-hybridized carbons (Fsp3) is 0.583. The molecule has 0 unspecified atom stereocenters. The van der Waals surface area contributed by atoms with E-state index in [1.807, 2.05) is 13.8 Å². The van der Waals surface area contributed by atoms with E-state index in [9.17, 15) is 9.59 Å². The van der Waals surface area contributed by atoms with Crippen LogP contribution in [-0.4, -0.2) is 53.7 Å². The molecule has 6 heteroatoms. The number of rotatable bonds is 4. The topological polar surface area (TPSA) is 66.5 Å². The summed E-state index contributed by atoms with van der Waals surface area (Å²) in [7, 11) is 0. The summed E-state index contributed by atoms with van der Waals surface area (Å²) >= 11 is 0. The molecule has 30 heavy (non-hydrogen) atoms. The number of nitrogens with zero attached hydrogens (tertiary/aromatic N) is 2. The Kier molecular flexibility index (Phi) is 6.14. The summed E-state index contributed by atoms with van der Waals surface area (Å²) < 4.78 is 5.14. The highest BCUT2D eigenvalue weighted by Crippen LogP contribution is 2.39. The van der Waals surface area contributed by atoms with Gasteiger partial charge >= 0.3 is 6.09 Å². The highest BCUT2D eigenvalue weighted by Gasteiger charge is 2.44. The molecule has 0 spiro atoms. The van der Waals surface area contributed by atoms with Gasteiger partial charge in [0.1, 0.15) is 0 Å². The minimum Gasteiger partial charge on any atom is -0.450 e. The third-order valence-electron chi connectivity index (χ3n) is 7.08. The van der Waals surface area contributed by atoms with Crippen molar-refractivity contribution < 1.29 is 19.6 Å². The van der Waals surface area contributed by atoms with E-state index >= 15 is 0 Å². The Balaban J connectivity index is 1.49. The first-order chi connectivity index (χ1) is 14.5. The molecule has 2 heterocycles. The second-order valence-corrected chi connectivity index (χ2v) is 8.79. The fourth-order valence-corrected chi connectivity index (χ4v) is 5.26. The number of likely N-dealkylation sites (tertiary alicyclic amines) is 1. The van der Waals surface area contributed by atoms with Gasteiger partial charge in [0, 0.05) is 37.1 Å². The van der Waals surface area contributed by atoms with Gasteiger partial charge in [-0.1, -0.05) is 24.3 Å². The molecule has 162 valence electrons. The van der Waals surface area contributed by atoms with E-state index in [-0.39, 0.29) is 24.2 Å². The van der Waals surface area contributed by atoms with Gasteiger partial charge in [0.15, 0.2) is 6.17 Å². The van der Waals surface area contributed by atoms with Crippen LogP contribution in [0.5, 0.6) is 0 Å². The van der Waals surface area contributed by atoms with Crippen molar-refractivity contribution in [2.75, 3.05) is 19.7 Å². The highest BCUT2D eigenvalue weighted by molar-refractivity contribution is 5.97. The van der Waals surface area contributed by atoms with Crippen LogP contribution in [0.2, 0.25) is 0 Å². The molecule has 2 aliphatic heterocycles. The summed E-state index contributed by atoms with van der Waals surface area (Å²) in [6.07, 6.45) is 4.92. The second-order valence-electron chi connectivity index (χ2n) is 8.79. The van der Waals surface area contributed by atoms with Crippen LogP contribution in [0.3, 0.4) is 0 Å². The van der Waals surface area contributed by atoms with Gasteiger partial charge < -0.3 is 15.0 Å². The number of hydrogen-bond acceptors (Lipinski definition) is 3. The summed E-state index contributed by atoms with van der Waals surface area (Å²) in [6.45, 7) is 7.76. The molecule has 2 N–H and O–H groups in total. The van der Waals surface area contributed by atoms with E-state index in [0.29, 0.717) is 25.7 Å². The number of benzene rings is 1. The molecule has 0 aromatic heterocycles. The first kappa shape index (κ1) is 20.9. The first-order valence-corrected chi connectivity index (χ1v) is 11.4. The van der Waals surface area contributed by atoms with Crippen molar-refractivity contribution in [1.29, 1.82) is 0 Å². The average Bonchev–Trinajstić information content (AvgIpc) is 2.97. The lowest BCUT2D eigenvalue weighted by Crippen LogP contribution is -2.98. The molecule has 0 bridgehead atoms. The maximum absolute atomic E-state index is 13.3. The number of nitrogens with two attached hydrogens (primary N) is 1. The zero-order valence-corrected chi connectivity index (χ0v) is 18.4. The molecule has 0 saturated carbocycles. The molecule has 1 fully saturated rings. The van der Waals surface area contributed by atoms with Gasteiger partial charge in [-0.05, 0) is 51.2 Å². The number of amides is 2. The molecule has 4 rings (SSSR count). The largest absolute Gasteiger partial charge is 0.450 e. The van der Waals surface area contributed by atoms with Crippen LogP contribution in [0.1, 0.15) is 63.6 Å². The van der Waals surface area contributed by atoms with Crippen molar-refractivity contribution >= 4 is 12.0 Å². The number of carbonyl (C=O) groups excluding carboxylic acids is 2. The summed E-state index contributed by atoms with van der Waals surface area (Å²) in [5.74, 6) is 0.180. The number of quaternary nitrogens is 1. The quantitative estimate of drug-likeness (QED) is 0.827. The van der Waals surface area contributed by atoms with Crippen molar-refractivity contribution in [1.82, 2.24) is 9.80 Å². The van der Waals surface area contributed by atoms with Crippen molar-refractivity contribution in [3.8, 4) is 0 Å². The van der Waals surface area contributed by atoms with Crippen LogP contribution in [0.25, 0.3) is 0 Å². The van der Waals surface area contributed by atoms with Crippen LogP contribution in [-0.2, 0) is 16.0 Å². The minimum absolute atomic E-state index is 0.0489. The Hall–Kier alpha value is -2.34. The number of carbonyl (C=O) groups is 2. The molecule has 2 atom stereocenters. The Bertz CT molecular complexity index is 842. The summed E-state index contributed by atoms with van der Waals surface area (Å²) in [5, 5.41) is 2.38. The van der Waals surface area contributed by atoms with Crippen LogP contribution < -0.4 is 5.32 Å². The maximum Gasteiger partial charge on any atom is 0.409 e. The van der Waals surface area contributed by atoms with Gasteiger partial charge in [-0.3, -0.25) is 9.69 Å². The number of piperidine rings is 1. The lowest BCUT2D eigenvalue weighted by molar-refractivity contribution is -0.731. The van der Waals surface area contributed by atoms with Gasteiger partial charge in [-0.2, -0.15) is 0 Å². The lowest BCUT2D eigenvalue weighted by Gasteiger charge is -2.38. The molecule has 3 aliphatic rings. The molecule has 6 nitrogen and oxygen atoms in total. The predicted molar refractivity (Wildman–Crippen MR) is 115 cm³/mol. The van der Waals surface area contributed by atoms with Crippen molar-refractivity contribution in [2.24, 2.45) is 0 Å². The van der Waals surface area contributed by atoms with Crippen molar-refractivity contribution in [3.05, 3.63) is 46.5 Å². The van der Waals surface area contributed by atoms with Gasteiger partial charge in [-0.25, -0.2) is 4.79 Å². The molecule has 2 amide bonds. The second kappa shape index (κ2) is 8.80. The third kappa shape index (κ3) is 3.85. The average molecular weight is 413 g/mol. The zero-order valence-electron chi connectivity index (χ0n) is 18.4. The highest BCUT2D eigenvalue weighted by atomic mass is 16.6. The van der Waals surface area contributed by atoms with Crippen molar-refractivity contribution in [3.63, 3.8) is 0 Å². The third-order valence-corrected chi connectivity index (χ3v) is 7.08. The van der Waals surface area contributed by atoms with Gasteiger partial charge in [0.25, 0.3) is 5.91 Å². The van der Waals surface area contributed by atoms with E-state index in [1.54, 1.807) is 4.90 Å². The molecular weight excluding hydrogens is 378 g/mol. The zero-order chi connectivity index (χ0) is 21.3. The van der Waals surface area contributed by atoms with Gasteiger partial charge in [-0.15, -0.1) is 0 Å².